The number of hydrogen-bond acceptors (Lipinski definition) is 2. The highest BCUT2D eigenvalue weighted by molar-refractivity contribution is 6.11. The fraction of sp³-hybridized carbons (Fsp3) is 0.364. The first-order chi connectivity index (χ1) is 12.3. The Labute approximate surface area is 156 Å². The van der Waals surface area contributed by atoms with Crippen LogP contribution in [0.2, 0.25) is 0 Å². The van der Waals surface area contributed by atoms with Crippen LogP contribution in [0.15, 0.2) is 48.5 Å². The molecule has 0 aliphatic heterocycles. The Bertz CT molecular complexity index is 796. The molecule has 26 heavy (non-hydrogen) atoms. The first-order valence-corrected chi connectivity index (χ1v) is 8.98. The smallest absolute Gasteiger partial charge is 0.242 e. The first-order valence-electron chi connectivity index (χ1n) is 8.98. The summed E-state index contributed by atoms with van der Waals surface area (Å²) >= 11 is 0. The second kappa shape index (κ2) is 8.17. The summed E-state index contributed by atoms with van der Waals surface area (Å²) in [7, 11) is 0. The Kier molecular flexibility index (Phi) is 6.19. The molecule has 0 heterocycles. The van der Waals surface area contributed by atoms with Gasteiger partial charge >= 0.3 is 0 Å². The zero-order valence-corrected chi connectivity index (χ0v) is 16.3. The van der Waals surface area contributed by atoms with E-state index in [4.69, 9.17) is 0 Å². The van der Waals surface area contributed by atoms with E-state index in [1.165, 1.54) is 0 Å². The van der Waals surface area contributed by atoms with Gasteiger partial charge in [0.2, 0.25) is 11.8 Å². The molecule has 4 nitrogen and oxygen atoms in total. The van der Waals surface area contributed by atoms with E-state index < -0.39 is 5.41 Å². The maximum atomic E-state index is 13.1. The Morgan fingerprint density at radius 3 is 2.19 bits per heavy atom. The number of hydrogen-bond donors (Lipinski definition) is 1. The highest BCUT2D eigenvalue weighted by Gasteiger charge is 2.39. The SMILES string of the molecule is CCN(C(=O)C(C)(C)C(=O)NCc1cccc(C)c1)c1cccc(C)c1. The van der Waals surface area contributed by atoms with Gasteiger partial charge in [0.25, 0.3) is 0 Å². The fourth-order valence-corrected chi connectivity index (χ4v) is 2.90. The second-order valence-corrected chi connectivity index (χ2v) is 7.19. The van der Waals surface area contributed by atoms with E-state index in [9.17, 15) is 9.59 Å². The van der Waals surface area contributed by atoms with E-state index in [-0.39, 0.29) is 11.8 Å². The lowest BCUT2D eigenvalue weighted by atomic mass is 9.89. The molecule has 1 N–H and O–H groups in total. The molecule has 2 amide bonds. The number of aryl methyl sites for hydroxylation is 2. The second-order valence-electron chi connectivity index (χ2n) is 7.19. The summed E-state index contributed by atoms with van der Waals surface area (Å²) in [4.78, 5) is 27.5. The van der Waals surface area contributed by atoms with Crippen molar-refractivity contribution in [2.75, 3.05) is 11.4 Å². The molecule has 0 fully saturated rings. The van der Waals surface area contributed by atoms with Crippen molar-refractivity contribution in [1.29, 1.82) is 0 Å². The van der Waals surface area contributed by atoms with Gasteiger partial charge in [-0.1, -0.05) is 42.0 Å². The molecular weight excluding hydrogens is 324 g/mol. The van der Waals surface area contributed by atoms with E-state index in [1.807, 2.05) is 69.3 Å². The minimum Gasteiger partial charge on any atom is -0.351 e. The number of anilines is 1. The Hall–Kier alpha value is -2.62. The molecule has 0 saturated heterocycles. The first kappa shape index (κ1) is 19.7. The van der Waals surface area contributed by atoms with Gasteiger partial charge in [-0.25, -0.2) is 0 Å². The minimum atomic E-state index is -1.15. The van der Waals surface area contributed by atoms with Crippen LogP contribution in [-0.4, -0.2) is 18.4 Å². The Morgan fingerprint density at radius 1 is 1.00 bits per heavy atom. The van der Waals surface area contributed by atoms with E-state index in [0.29, 0.717) is 13.1 Å². The van der Waals surface area contributed by atoms with Gasteiger partial charge in [0.05, 0.1) is 0 Å². The highest BCUT2D eigenvalue weighted by Crippen LogP contribution is 2.25. The van der Waals surface area contributed by atoms with Crippen molar-refractivity contribution in [3.8, 4) is 0 Å². The van der Waals surface area contributed by atoms with Crippen LogP contribution in [0.5, 0.6) is 0 Å². The van der Waals surface area contributed by atoms with Gasteiger partial charge in [-0.2, -0.15) is 0 Å². The molecule has 2 aromatic carbocycles. The largest absolute Gasteiger partial charge is 0.351 e. The van der Waals surface area contributed by atoms with Crippen molar-refractivity contribution in [2.45, 2.75) is 41.2 Å². The van der Waals surface area contributed by atoms with Crippen molar-refractivity contribution in [3.05, 3.63) is 65.2 Å². The summed E-state index contributed by atoms with van der Waals surface area (Å²) in [6, 6.07) is 15.7. The zero-order valence-electron chi connectivity index (χ0n) is 16.3. The van der Waals surface area contributed by atoms with Crippen molar-refractivity contribution in [3.63, 3.8) is 0 Å². The predicted molar refractivity (Wildman–Crippen MR) is 106 cm³/mol. The van der Waals surface area contributed by atoms with Crippen LogP contribution in [0, 0.1) is 19.3 Å². The Balaban J connectivity index is 2.13. The fourth-order valence-electron chi connectivity index (χ4n) is 2.90. The van der Waals surface area contributed by atoms with Gasteiger partial charge < -0.3 is 10.2 Å². The van der Waals surface area contributed by atoms with Crippen LogP contribution in [0.3, 0.4) is 0 Å². The summed E-state index contributed by atoms with van der Waals surface area (Å²) in [6.45, 7) is 10.2. The number of nitrogens with one attached hydrogen (secondary N) is 1. The van der Waals surface area contributed by atoms with Crippen LogP contribution in [-0.2, 0) is 16.1 Å². The number of nitrogens with zero attached hydrogens (tertiary/aromatic N) is 1. The summed E-state index contributed by atoms with van der Waals surface area (Å²) < 4.78 is 0. The molecule has 0 bridgehead atoms. The molecule has 0 spiro atoms. The molecule has 0 saturated carbocycles. The average Bonchev–Trinajstić information content (AvgIpc) is 2.60. The molecule has 0 atom stereocenters. The Morgan fingerprint density at radius 2 is 1.62 bits per heavy atom. The van der Waals surface area contributed by atoms with Gasteiger partial charge in [-0.15, -0.1) is 0 Å². The van der Waals surface area contributed by atoms with Gasteiger partial charge in [-0.3, -0.25) is 9.59 Å². The number of rotatable bonds is 6. The zero-order chi connectivity index (χ0) is 19.3. The van der Waals surface area contributed by atoms with Crippen LogP contribution in [0.1, 0.15) is 37.5 Å². The number of carbonyl (C=O) groups excluding carboxylic acids is 2. The average molecular weight is 352 g/mol. The van der Waals surface area contributed by atoms with E-state index in [0.717, 1.165) is 22.4 Å². The van der Waals surface area contributed by atoms with Gasteiger partial charge in [-0.05, 0) is 57.9 Å². The standard InChI is InChI=1S/C22H28N2O2/c1-6-24(19-12-8-10-17(3)14-19)21(26)22(4,5)20(25)23-15-18-11-7-9-16(2)13-18/h7-14H,6,15H2,1-5H3,(H,23,25). The quantitative estimate of drug-likeness (QED) is 0.799. The lowest BCUT2D eigenvalue weighted by Crippen LogP contribution is -2.49. The molecule has 0 aliphatic carbocycles. The summed E-state index contributed by atoms with van der Waals surface area (Å²) in [5.41, 5.74) is 2.91. The van der Waals surface area contributed by atoms with Gasteiger partial charge in [0, 0.05) is 18.8 Å². The lowest BCUT2D eigenvalue weighted by molar-refractivity contribution is -0.139. The molecule has 2 aromatic rings. The number of amides is 2. The molecule has 0 unspecified atom stereocenters. The maximum absolute atomic E-state index is 13.1. The van der Waals surface area contributed by atoms with E-state index >= 15 is 0 Å². The highest BCUT2D eigenvalue weighted by atomic mass is 16.2. The molecule has 0 radical (unpaired) electrons. The van der Waals surface area contributed by atoms with Crippen LogP contribution in [0.25, 0.3) is 0 Å². The molecule has 2 rings (SSSR count). The van der Waals surface area contributed by atoms with Crippen LogP contribution in [0.4, 0.5) is 5.69 Å². The number of carbonyl (C=O) groups is 2. The molecular formula is C22H28N2O2. The van der Waals surface area contributed by atoms with E-state index in [1.54, 1.807) is 18.7 Å². The predicted octanol–water partition coefficient (Wildman–Crippen LogP) is 4.00. The molecule has 0 aliphatic rings. The van der Waals surface area contributed by atoms with Gasteiger partial charge in [0.15, 0.2) is 0 Å². The molecule has 4 heteroatoms. The monoisotopic (exact) mass is 352 g/mol. The number of benzene rings is 2. The van der Waals surface area contributed by atoms with Crippen molar-refractivity contribution in [2.24, 2.45) is 5.41 Å². The van der Waals surface area contributed by atoms with Crippen molar-refractivity contribution >= 4 is 17.5 Å². The van der Waals surface area contributed by atoms with E-state index in [2.05, 4.69) is 5.32 Å². The normalized spacial score (nSPS) is 11.1. The van der Waals surface area contributed by atoms with Crippen molar-refractivity contribution in [1.82, 2.24) is 5.32 Å². The molecule has 138 valence electrons. The third-order valence-electron chi connectivity index (χ3n) is 4.51. The van der Waals surface area contributed by atoms with Crippen LogP contribution < -0.4 is 10.2 Å². The van der Waals surface area contributed by atoms with Crippen LogP contribution >= 0.6 is 0 Å². The third-order valence-corrected chi connectivity index (χ3v) is 4.51. The summed E-state index contributed by atoms with van der Waals surface area (Å²) in [5, 5.41) is 2.90. The lowest BCUT2D eigenvalue weighted by Gasteiger charge is -2.30. The molecule has 0 aromatic heterocycles. The third kappa shape index (κ3) is 4.51. The van der Waals surface area contributed by atoms with Crippen molar-refractivity contribution < 1.29 is 9.59 Å². The maximum Gasteiger partial charge on any atom is 0.242 e. The topological polar surface area (TPSA) is 49.4 Å². The van der Waals surface area contributed by atoms with Gasteiger partial charge in [0.1, 0.15) is 5.41 Å². The minimum absolute atomic E-state index is 0.202. The summed E-state index contributed by atoms with van der Waals surface area (Å²) in [6.07, 6.45) is 0. The summed E-state index contributed by atoms with van der Waals surface area (Å²) in [5.74, 6) is -0.470.